The summed E-state index contributed by atoms with van der Waals surface area (Å²) < 4.78 is 10.9. The molecule has 0 radical (unpaired) electrons. The van der Waals surface area contributed by atoms with Gasteiger partial charge in [-0.05, 0) is 35.1 Å². The Morgan fingerprint density at radius 1 is 0.714 bits per heavy atom. The van der Waals surface area contributed by atoms with Crippen LogP contribution in [-0.2, 0) is 19.1 Å². The van der Waals surface area contributed by atoms with E-state index in [1.54, 1.807) is 13.8 Å². The van der Waals surface area contributed by atoms with Gasteiger partial charge in [-0.25, -0.2) is 0 Å². The Morgan fingerprint density at radius 2 is 1.11 bits per heavy atom. The molecule has 1 aliphatic heterocycles. The van der Waals surface area contributed by atoms with Crippen molar-refractivity contribution in [2.24, 2.45) is 5.41 Å². The third-order valence-electron chi connectivity index (χ3n) is 5.14. The molecule has 0 aromatic heterocycles. The Morgan fingerprint density at radius 3 is 1.50 bits per heavy atom. The second-order valence-electron chi connectivity index (χ2n) is 7.78. The van der Waals surface area contributed by atoms with Gasteiger partial charge in [0.15, 0.2) is 5.41 Å². The molecule has 1 saturated carbocycles. The summed E-state index contributed by atoms with van der Waals surface area (Å²) in [4.78, 5) is 25.7. The minimum Gasteiger partial charge on any atom is -0.422 e. The van der Waals surface area contributed by atoms with Crippen LogP contribution in [0.25, 0.3) is 12.2 Å². The molecule has 0 bridgehead atoms. The van der Waals surface area contributed by atoms with Crippen molar-refractivity contribution in [3.8, 4) is 0 Å². The second-order valence-corrected chi connectivity index (χ2v) is 7.78. The highest BCUT2D eigenvalue weighted by Crippen LogP contribution is 2.51. The Balaban J connectivity index is 1.78. The summed E-state index contributed by atoms with van der Waals surface area (Å²) in [7, 11) is 0. The molecule has 28 heavy (non-hydrogen) atoms. The van der Waals surface area contributed by atoms with Crippen LogP contribution in [-0.4, -0.2) is 17.7 Å². The molecule has 0 unspecified atom stereocenters. The van der Waals surface area contributed by atoms with Gasteiger partial charge in [0.2, 0.25) is 0 Å². The average molecular weight is 374 g/mol. The molecular weight excluding hydrogens is 352 g/mol. The molecule has 4 rings (SSSR count). The van der Waals surface area contributed by atoms with Gasteiger partial charge in [-0.3, -0.25) is 9.59 Å². The van der Waals surface area contributed by atoms with Crippen LogP contribution in [0, 0.1) is 5.41 Å². The zero-order chi connectivity index (χ0) is 19.8. The van der Waals surface area contributed by atoms with E-state index < -0.39 is 23.1 Å². The zero-order valence-corrected chi connectivity index (χ0v) is 16.0. The summed E-state index contributed by atoms with van der Waals surface area (Å²) in [6.07, 6.45) is 4.61. The molecule has 1 aliphatic carbocycles. The number of esters is 2. The number of cyclic esters (lactones) is 2. The van der Waals surface area contributed by atoms with Gasteiger partial charge < -0.3 is 9.47 Å². The van der Waals surface area contributed by atoms with Crippen LogP contribution >= 0.6 is 0 Å². The minimum absolute atomic E-state index is 0.272. The summed E-state index contributed by atoms with van der Waals surface area (Å²) in [5, 5.41) is 0. The quantitative estimate of drug-likeness (QED) is 0.561. The number of hydrogen-bond donors (Lipinski definition) is 0. The first-order chi connectivity index (χ1) is 13.4. The third kappa shape index (κ3) is 3.38. The lowest BCUT2D eigenvalue weighted by Crippen LogP contribution is -2.52. The molecule has 0 amide bonds. The fraction of sp³-hybridized carbons (Fsp3) is 0.250. The molecule has 0 atom stereocenters. The third-order valence-corrected chi connectivity index (χ3v) is 5.14. The van der Waals surface area contributed by atoms with E-state index in [9.17, 15) is 9.59 Å². The van der Waals surface area contributed by atoms with Crippen molar-refractivity contribution in [1.29, 1.82) is 0 Å². The van der Waals surface area contributed by atoms with Gasteiger partial charge in [0, 0.05) is 13.8 Å². The molecule has 4 nitrogen and oxygen atoms in total. The molecule has 1 saturated heterocycles. The molecule has 2 aliphatic rings. The Bertz CT molecular complexity index is 889. The lowest BCUT2D eigenvalue weighted by molar-refractivity contribution is -0.250. The van der Waals surface area contributed by atoms with Crippen molar-refractivity contribution in [3.63, 3.8) is 0 Å². The molecular formula is C24H22O4. The van der Waals surface area contributed by atoms with Crippen LogP contribution in [0.1, 0.15) is 37.8 Å². The van der Waals surface area contributed by atoms with E-state index in [2.05, 4.69) is 0 Å². The van der Waals surface area contributed by atoms with Crippen LogP contribution in [0.15, 0.2) is 71.8 Å². The van der Waals surface area contributed by atoms with E-state index >= 15 is 0 Å². The molecule has 2 aromatic rings. The van der Waals surface area contributed by atoms with E-state index in [0.29, 0.717) is 0 Å². The molecule has 4 heteroatoms. The molecule has 2 fully saturated rings. The fourth-order valence-corrected chi connectivity index (χ4v) is 3.76. The van der Waals surface area contributed by atoms with Gasteiger partial charge in [0.1, 0.15) is 0 Å². The van der Waals surface area contributed by atoms with Gasteiger partial charge in [-0.1, -0.05) is 72.8 Å². The Kier molecular flexibility index (Phi) is 4.42. The summed E-state index contributed by atoms with van der Waals surface area (Å²) in [6, 6.07) is 19.8. The number of hydrogen-bond acceptors (Lipinski definition) is 4. The van der Waals surface area contributed by atoms with Gasteiger partial charge in [0.05, 0.1) is 0 Å². The summed E-state index contributed by atoms with van der Waals surface area (Å²) >= 11 is 0. The maximum absolute atomic E-state index is 12.9. The first-order valence-corrected chi connectivity index (χ1v) is 9.37. The van der Waals surface area contributed by atoms with E-state index in [1.165, 1.54) is 0 Å². The maximum atomic E-state index is 12.9. The predicted molar refractivity (Wildman–Crippen MR) is 107 cm³/mol. The fourth-order valence-electron chi connectivity index (χ4n) is 3.76. The Hall–Kier alpha value is -3.14. The van der Waals surface area contributed by atoms with Crippen LogP contribution in [0.3, 0.4) is 0 Å². The van der Waals surface area contributed by atoms with Crippen molar-refractivity contribution in [2.45, 2.75) is 32.5 Å². The highest BCUT2D eigenvalue weighted by Gasteiger charge is 2.59. The van der Waals surface area contributed by atoms with Gasteiger partial charge in [0.25, 0.3) is 5.79 Å². The average Bonchev–Trinajstić information content (AvgIpc) is 3.01. The number of ether oxygens (including phenoxy) is 2. The van der Waals surface area contributed by atoms with E-state index in [-0.39, 0.29) is 12.8 Å². The van der Waals surface area contributed by atoms with Gasteiger partial charge in [-0.2, -0.15) is 0 Å². The van der Waals surface area contributed by atoms with Crippen molar-refractivity contribution >= 4 is 24.1 Å². The second kappa shape index (κ2) is 6.79. The zero-order valence-electron chi connectivity index (χ0n) is 16.0. The molecule has 1 spiro atoms. The van der Waals surface area contributed by atoms with Crippen molar-refractivity contribution in [1.82, 2.24) is 0 Å². The van der Waals surface area contributed by atoms with Gasteiger partial charge >= 0.3 is 11.9 Å². The molecule has 0 N–H and O–H groups in total. The van der Waals surface area contributed by atoms with Crippen molar-refractivity contribution in [2.75, 3.05) is 0 Å². The number of benzene rings is 2. The molecule has 1 heterocycles. The van der Waals surface area contributed by atoms with Crippen LogP contribution in [0.2, 0.25) is 0 Å². The van der Waals surface area contributed by atoms with Crippen molar-refractivity contribution in [3.05, 3.63) is 82.9 Å². The van der Waals surface area contributed by atoms with Crippen LogP contribution in [0.4, 0.5) is 0 Å². The molecule has 2 aromatic carbocycles. The largest absolute Gasteiger partial charge is 0.422 e. The first-order valence-electron chi connectivity index (χ1n) is 9.37. The first kappa shape index (κ1) is 18.2. The van der Waals surface area contributed by atoms with E-state index in [0.717, 1.165) is 22.3 Å². The van der Waals surface area contributed by atoms with Crippen LogP contribution in [0.5, 0.6) is 0 Å². The number of carbonyl (C=O) groups is 2. The normalized spacial score (nSPS) is 23.1. The minimum atomic E-state index is -1.31. The monoisotopic (exact) mass is 374 g/mol. The van der Waals surface area contributed by atoms with Gasteiger partial charge in [-0.15, -0.1) is 0 Å². The highest BCUT2D eigenvalue weighted by molar-refractivity contribution is 6.04. The SMILES string of the molecule is CC1(C)OC(=O)C2(CC(=C/c3ccccc3)/C(=C/c3ccccc3)C2)C(=O)O1. The number of rotatable bonds is 2. The standard InChI is InChI=1S/C24H22O4/c1-23(2)27-21(25)24(22(26)28-23)15-19(13-17-9-5-3-6-10-17)20(16-24)14-18-11-7-4-8-12-18/h3-14H,15-16H2,1-2H3/b19-13-,20-14+. The lowest BCUT2D eigenvalue weighted by Gasteiger charge is -2.37. The maximum Gasteiger partial charge on any atom is 0.327 e. The number of carbonyl (C=O) groups excluding carboxylic acids is 2. The smallest absolute Gasteiger partial charge is 0.327 e. The lowest BCUT2D eigenvalue weighted by atomic mass is 9.84. The predicted octanol–water partition coefficient (Wildman–Crippen LogP) is 4.77. The topological polar surface area (TPSA) is 52.6 Å². The summed E-state index contributed by atoms with van der Waals surface area (Å²) in [5.74, 6) is -2.25. The van der Waals surface area contributed by atoms with Crippen LogP contribution < -0.4 is 0 Å². The number of allylic oxidation sites excluding steroid dienone is 2. The van der Waals surface area contributed by atoms with E-state index in [1.807, 2.05) is 72.8 Å². The summed E-state index contributed by atoms with van der Waals surface area (Å²) in [5.41, 5.74) is 2.63. The molecule has 142 valence electrons. The summed E-state index contributed by atoms with van der Waals surface area (Å²) in [6.45, 7) is 3.15. The van der Waals surface area contributed by atoms with Crippen molar-refractivity contribution < 1.29 is 19.1 Å². The highest BCUT2D eigenvalue weighted by atomic mass is 16.7. The Labute approximate surface area is 164 Å². The van der Waals surface area contributed by atoms with E-state index in [4.69, 9.17) is 9.47 Å².